The van der Waals surface area contributed by atoms with Crippen LogP contribution in [0.4, 0.5) is 0 Å². The minimum atomic E-state index is -0.428. The van der Waals surface area contributed by atoms with Gasteiger partial charge in [0.05, 0.1) is 6.10 Å². The average molecular weight is 245 g/mol. The van der Waals surface area contributed by atoms with Gasteiger partial charge in [0.2, 0.25) is 5.76 Å². The third kappa shape index (κ3) is 3.20. The molecule has 4 nitrogen and oxygen atoms in total. The molecule has 0 aliphatic carbocycles. The Balaban J connectivity index is 2.04. The molecule has 2 heterocycles. The smallest absolute Gasteiger partial charge is 0.374 e. The van der Waals surface area contributed by atoms with Crippen molar-refractivity contribution in [1.82, 2.24) is 4.98 Å². The number of carbonyl (C=O) groups is 1. The van der Waals surface area contributed by atoms with Crippen molar-refractivity contribution in [3.05, 3.63) is 53.7 Å². The van der Waals surface area contributed by atoms with Crippen molar-refractivity contribution in [1.29, 1.82) is 0 Å². The van der Waals surface area contributed by atoms with Gasteiger partial charge in [0, 0.05) is 18.8 Å². The number of nitrogens with zero attached hydrogens (tertiary/aromatic N) is 1. The van der Waals surface area contributed by atoms with Gasteiger partial charge in [-0.25, -0.2) is 4.79 Å². The van der Waals surface area contributed by atoms with E-state index in [-0.39, 0.29) is 11.9 Å². The standard InChI is InChI=1S/C14H15NO3/c1-10(2)17-14(16)13-6-5-12(18-13)8-11-4-3-7-15-9-11/h3-7,9-10H,8H2,1-2H3. The number of furan rings is 1. The van der Waals surface area contributed by atoms with Gasteiger partial charge in [-0.3, -0.25) is 4.98 Å². The number of esters is 1. The molecule has 0 fully saturated rings. The lowest BCUT2D eigenvalue weighted by atomic mass is 10.2. The number of pyridine rings is 1. The van der Waals surface area contributed by atoms with Crippen molar-refractivity contribution >= 4 is 5.97 Å². The lowest BCUT2D eigenvalue weighted by Gasteiger charge is -2.05. The fraction of sp³-hybridized carbons (Fsp3) is 0.286. The van der Waals surface area contributed by atoms with Gasteiger partial charge >= 0.3 is 5.97 Å². The first kappa shape index (κ1) is 12.4. The third-order valence-corrected chi connectivity index (χ3v) is 2.31. The van der Waals surface area contributed by atoms with Gasteiger partial charge in [-0.2, -0.15) is 0 Å². The van der Waals surface area contributed by atoms with Gasteiger partial charge in [0.25, 0.3) is 0 Å². The SMILES string of the molecule is CC(C)OC(=O)c1ccc(Cc2cccnc2)o1. The van der Waals surface area contributed by atoms with Gasteiger partial charge < -0.3 is 9.15 Å². The van der Waals surface area contributed by atoms with Crippen LogP contribution in [0, 0.1) is 0 Å². The van der Waals surface area contributed by atoms with E-state index >= 15 is 0 Å². The van der Waals surface area contributed by atoms with Crippen LogP contribution in [-0.4, -0.2) is 17.1 Å². The van der Waals surface area contributed by atoms with E-state index in [1.54, 1.807) is 38.4 Å². The molecule has 0 saturated heterocycles. The van der Waals surface area contributed by atoms with E-state index in [0.717, 1.165) is 11.3 Å². The molecule has 0 aromatic carbocycles. The molecule has 0 unspecified atom stereocenters. The number of ether oxygens (including phenoxy) is 1. The molecule has 0 N–H and O–H groups in total. The van der Waals surface area contributed by atoms with Crippen molar-refractivity contribution < 1.29 is 13.9 Å². The Bertz CT molecular complexity index is 517. The summed E-state index contributed by atoms with van der Waals surface area (Å²) < 4.78 is 10.5. The minimum absolute atomic E-state index is 0.149. The second kappa shape index (κ2) is 5.49. The maximum atomic E-state index is 11.6. The molecule has 94 valence electrons. The quantitative estimate of drug-likeness (QED) is 0.777. The summed E-state index contributed by atoms with van der Waals surface area (Å²) in [7, 11) is 0. The summed E-state index contributed by atoms with van der Waals surface area (Å²) in [5, 5.41) is 0. The van der Waals surface area contributed by atoms with Crippen LogP contribution in [0.1, 0.15) is 35.7 Å². The Morgan fingerprint density at radius 2 is 2.22 bits per heavy atom. The molecule has 2 aromatic heterocycles. The largest absolute Gasteiger partial charge is 0.457 e. The fourth-order valence-corrected chi connectivity index (χ4v) is 1.56. The van der Waals surface area contributed by atoms with Crippen LogP contribution in [0.25, 0.3) is 0 Å². The highest BCUT2D eigenvalue weighted by Crippen LogP contribution is 2.14. The Morgan fingerprint density at radius 3 is 2.89 bits per heavy atom. The summed E-state index contributed by atoms with van der Waals surface area (Å²) in [5.41, 5.74) is 1.04. The van der Waals surface area contributed by atoms with Crippen LogP contribution in [0.5, 0.6) is 0 Å². The molecule has 0 spiro atoms. The molecule has 4 heteroatoms. The van der Waals surface area contributed by atoms with E-state index in [1.807, 2.05) is 12.1 Å². The minimum Gasteiger partial charge on any atom is -0.457 e. The predicted octanol–water partition coefficient (Wildman–Crippen LogP) is 2.83. The second-order valence-corrected chi connectivity index (χ2v) is 4.26. The molecular formula is C14H15NO3. The molecule has 0 saturated carbocycles. The zero-order valence-corrected chi connectivity index (χ0v) is 10.4. The summed E-state index contributed by atoms with van der Waals surface area (Å²) in [6, 6.07) is 7.24. The first-order valence-corrected chi connectivity index (χ1v) is 5.84. The van der Waals surface area contributed by atoms with E-state index in [0.29, 0.717) is 6.42 Å². The highest BCUT2D eigenvalue weighted by atomic mass is 16.6. The van der Waals surface area contributed by atoms with Crippen LogP contribution in [0.3, 0.4) is 0 Å². The molecule has 0 amide bonds. The number of hydrogen-bond acceptors (Lipinski definition) is 4. The van der Waals surface area contributed by atoms with Gasteiger partial charge in [0.1, 0.15) is 5.76 Å². The van der Waals surface area contributed by atoms with Crippen LogP contribution in [0.15, 0.2) is 41.1 Å². The van der Waals surface area contributed by atoms with Crippen molar-refractivity contribution in [3.63, 3.8) is 0 Å². The number of carbonyl (C=O) groups excluding carboxylic acids is 1. The highest BCUT2D eigenvalue weighted by molar-refractivity contribution is 5.86. The normalized spacial score (nSPS) is 10.6. The fourth-order valence-electron chi connectivity index (χ4n) is 1.56. The Labute approximate surface area is 106 Å². The van der Waals surface area contributed by atoms with Crippen LogP contribution < -0.4 is 0 Å². The lowest BCUT2D eigenvalue weighted by Crippen LogP contribution is -2.10. The molecular weight excluding hydrogens is 230 g/mol. The Hall–Kier alpha value is -2.10. The number of hydrogen-bond donors (Lipinski definition) is 0. The molecule has 0 aliphatic rings. The lowest BCUT2D eigenvalue weighted by molar-refractivity contribution is 0.0339. The van der Waals surface area contributed by atoms with Gasteiger partial charge in [-0.15, -0.1) is 0 Å². The molecule has 0 atom stereocenters. The predicted molar refractivity (Wildman–Crippen MR) is 66.3 cm³/mol. The average Bonchev–Trinajstić information content (AvgIpc) is 2.78. The summed E-state index contributed by atoms with van der Waals surface area (Å²) in [6.07, 6.45) is 3.96. The zero-order chi connectivity index (χ0) is 13.0. The monoisotopic (exact) mass is 245 g/mol. The van der Waals surface area contributed by atoms with Crippen LogP contribution in [0.2, 0.25) is 0 Å². The van der Waals surface area contributed by atoms with Crippen LogP contribution >= 0.6 is 0 Å². The number of rotatable bonds is 4. The topological polar surface area (TPSA) is 52.3 Å². The molecule has 18 heavy (non-hydrogen) atoms. The van der Waals surface area contributed by atoms with E-state index < -0.39 is 5.97 Å². The molecule has 0 radical (unpaired) electrons. The summed E-state index contributed by atoms with van der Waals surface area (Å²) in [4.78, 5) is 15.6. The van der Waals surface area contributed by atoms with Gasteiger partial charge in [-0.05, 0) is 37.6 Å². The molecule has 2 aromatic rings. The summed E-state index contributed by atoms with van der Waals surface area (Å²) >= 11 is 0. The van der Waals surface area contributed by atoms with E-state index in [2.05, 4.69) is 4.98 Å². The second-order valence-electron chi connectivity index (χ2n) is 4.26. The van der Waals surface area contributed by atoms with Crippen molar-refractivity contribution in [3.8, 4) is 0 Å². The van der Waals surface area contributed by atoms with Crippen LogP contribution in [-0.2, 0) is 11.2 Å². The van der Waals surface area contributed by atoms with E-state index in [1.165, 1.54) is 0 Å². The Morgan fingerprint density at radius 1 is 1.39 bits per heavy atom. The molecule has 0 bridgehead atoms. The Kier molecular flexibility index (Phi) is 3.77. The van der Waals surface area contributed by atoms with Gasteiger partial charge in [-0.1, -0.05) is 6.07 Å². The first-order chi connectivity index (χ1) is 8.65. The summed E-state index contributed by atoms with van der Waals surface area (Å²) in [5.74, 6) is 0.531. The van der Waals surface area contributed by atoms with Crippen molar-refractivity contribution in [2.24, 2.45) is 0 Å². The zero-order valence-electron chi connectivity index (χ0n) is 10.4. The summed E-state index contributed by atoms with van der Waals surface area (Å²) in [6.45, 7) is 3.61. The van der Waals surface area contributed by atoms with E-state index in [4.69, 9.17) is 9.15 Å². The van der Waals surface area contributed by atoms with E-state index in [9.17, 15) is 4.79 Å². The molecule has 2 rings (SSSR count). The maximum absolute atomic E-state index is 11.6. The third-order valence-electron chi connectivity index (χ3n) is 2.31. The maximum Gasteiger partial charge on any atom is 0.374 e. The van der Waals surface area contributed by atoms with Crippen molar-refractivity contribution in [2.75, 3.05) is 0 Å². The van der Waals surface area contributed by atoms with Gasteiger partial charge in [0.15, 0.2) is 0 Å². The first-order valence-electron chi connectivity index (χ1n) is 5.84. The van der Waals surface area contributed by atoms with Crippen molar-refractivity contribution in [2.45, 2.75) is 26.4 Å². The number of aromatic nitrogens is 1. The molecule has 0 aliphatic heterocycles. The highest BCUT2D eigenvalue weighted by Gasteiger charge is 2.14.